The van der Waals surface area contributed by atoms with E-state index >= 15 is 4.39 Å². The Morgan fingerprint density at radius 1 is 1.26 bits per heavy atom. The second-order valence-electron chi connectivity index (χ2n) is 6.74. The number of carbonyl (C=O) groups excluding carboxylic acids is 2. The summed E-state index contributed by atoms with van der Waals surface area (Å²) < 4.78 is 15.3. The molecule has 2 rings (SSSR count). The van der Waals surface area contributed by atoms with E-state index in [-0.39, 0.29) is 46.1 Å². The van der Waals surface area contributed by atoms with Gasteiger partial charge in [-0.05, 0) is 48.4 Å². The normalized spacial score (nSPS) is 13.2. The molecule has 0 spiro atoms. The number of pyridine rings is 1. The molecule has 0 bridgehead atoms. The quantitative estimate of drug-likeness (QED) is 0.662. The van der Waals surface area contributed by atoms with Crippen molar-refractivity contribution in [1.82, 2.24) is 4.98 Å². The van der Waals surface area contributed by atoms with Gasteiger partial charge >= 0.3 is 0 Å². The fraction of sp³-hybridized carbons (Fsp3) is 0.350. The first kappa shape index (κ1) is 20.8. The summed E-state index contributed by atoms with van der Waals surface area (Å²) in [4.78, 5) is 27.8. The second kappa shape index (κ2) is 8.95. The van der Waals surface area contributed by atoms with Crippen molar-refractivity contribution in [2.24, 2.45) is 11.7 Å². The summed E-state index contributed by atoms with van der Waals surface area (Å²) in [6.45, 7) is 3.83. The molecule has 5 nitrogen and oxygen atoms in total. The third kappa shape index (κ3) is 5.04. The van der Waals surface area contributed by atoms with Gasteiger partial charge < -0.3 is 11.5 Å². The minimum Gasteiger partial charge on any atom is -0.384 e. The summed E-state index contributed by atoms with van der Waals surface area (Å²) in [6, 6.07) is 6.09. The van der Waals surface area contributed by atoms with E-state index in [1.165, 1.54) is 24.4 Å². The lowest BCUT2D eigenvalue weighted by molar-refractivity contribution is -0.118. The molecule has 27 heavy (non-hydrogen) atoms. The Balaban J connectivity index is 2.39. The summed E-state index contributed by atoms with van der Waals surface area (Å²) in [5.74, 6) is -1.47. The minimum absolute atomic E-state index is 0.00276. The SMILES string of the molecule is CC[C@@H](C[C@H](C)CC(N)=O)c1ccc(Cl)c(C(=O)c2ccc(N)nc2)c1F. The highest BCUT2D eigenvalue weighted by Gasteiger charge is 2.25. The zero-order chi connectivity index (χ0) is 20.1. The molecular formula is C20H23ClFN3O2. The van der Waals surface area contributed by atoms with E-state index in [1.54, 1.807) is 6.07 Å². The Labute approximate surface area is 162 Å². The van der Waals surface area contributed by atoms with Gasteiger partial charge in [-0.3, -0.25) is 9.59 Å². The van der Waals surface area contributed by atoms with E-state index < -0.39 is 11.6 Å². The van der Waals surface area contributed by atoms with E-state index in [1.807, 2.05) is 13.8 Å². The van der Waals surface area contributed by atoms with Crippen LogP contribution in [0, 0.1) is 11.7 Å². The first-order valence-corrected chi connectivity index (χ1v) is 9.14. The highest BCUT2D eigenvalue weighted by atomic mass is 35.5. The number of hydrogen-bond donors (Lipinski definition) is 2. The van der Waals surface area contributed by atoms with Gasteiger partial charge in [0.15, 0.2) is 5.78 Å². The largest absolute Gasteiger partial charge is 0.384 e. The van der Waals surface area contributed by atoms with Gasteiger partial charge in [0.1, 0.15) is 11.6 Å². The number of nitrogens with zero attached hydrogens (tertiary/aromatic N) is 1. The van der Waals surface area contributed by atoms with Gasteiger partial charge in [-0.1, -0.05) is 31.5 Å². The van der Waals surface area contributed by atoms with Crippen LogP contribution in [0.5, 0.6) is 0 Å². The molecule has 7 heteroatoms. The number of benzene rings is 1. The molecule has 0 aliphatic rings. The number of hydrogen-bond acceptors (Lipinski definition) is 4. The maximum absolute atomic E-state index is 15.3. The molecule has 0 saturated carbocycles. The fourth-order valence-electron chi connectivity index (χ4n) is 3.20. The zero-order valence-electron chi connectivity index (χ0n) is 15.3. The van der Waals surface area contributed by atoms with Gasteiger partial charge in [0, 0.05) is 18.2 Å². The minimum atomic E-state index is -0.637. The molecule has 2 atom stereocenters. The average Bonchev–Trinajstić information content (AvgIpc) is 2.60. The summed E-state index contributed by atoms with van der Waals surface area (Å²) in [6.07, 6.45) is 2.76. The fourth-order valence-corrected chi connectivity index (χ4v) is 3.43. The van der Waals surface area contributed by atoms with Crippen molar-refractivity contribution >= 4 is 29.1 Å². The number of primary amides is 1. The van der Waals surface area contributed by atoms with Gasteiger partial charge in [0.2, 0.25) is 5.91 Å². The molecule has 0 unspecified atom stereocenters. The third-order valence-corrected chi connectivity index (χ3v) is 4.88. The smallest absolute Gasteiger partial charge is 0.217 e. The summed E-state index contributed by atoms with van der Waals surface area (Å²) in [5, 5.41) is 0.0399. The van der Waals surface area contributed by atoms with Crippen LogP contribution in [-0.4, -0.2) is 16.7 Å². The molecule has 1 heterocycles. The third-order valence-electron chi connectivity index (χ3n) is 4.57. The standard InChI is InChI=1S/C20H23ClFN3O2/c1-3-12(8-11(2)9-17(24)26)14-5-6-15(21)18(19(14)22)20(27)13-4-7-16(23)25-10-13/h4-7,10-12H,3,8-9H2,1-2H3,(H2,23,25)(H2,24,26)/t11-,12-/m0/s1. The van der Waals surface area contributed by atoms with Crippen molar-refractivity contribution in [2.45, 2.75) is 39.0 Å². The number of aromatic nitrogens is 1. The molecule has 1 amide bonds. The molecule has 0 fully saturated rings. The Hall–Kier alpha value is -2.47. The number of carbonyl (C=O) groups is 2. The lowest BCUT2D eigenvalue weighted by Crippen LogP contribution is -2.17. The molecule has 1 aromatic carbocycles. The Morgan fingerprint density at radius 3 is 2.52 bits per heavy atom. The van der Waals surface area contributed by atoms with Crippen molar-refractivity contribution in [3.05, 3.63) is 58.0 Å². The van der Waals surface area contributed by atoms with Crippen LogP contribution in [-0.2, 0) is 4.79 Å². The Kier molecular flexibility index (Phi) is 6.91. The Morgan fingerprint density at radius 2 is 1.96 bits per heavy atom. The lowest BCUT2D eigenvalue weighted by Gasteiger charge is -2.21. The monoisotopic (exact) mass is 391 g/mol. The van der Waals surface area contributed by atoms with Crippen molar-refractivity contribution in [3.8, 4) is 0 Å². The van der Waals surface area contributed by atoms with E-state index in [0.717, 1.165) is 0 Å². The molecule has 0 radical (unpaired) electrons. The van der Waals surface area contributed by atoms with Crippen LogP contribution in [0.2, 0.25) is 5.02 Å². The second-order valence-corrected chi connectivity index (χ2v) is 7.15. The van der Waals surface area contributed by atoms with Gasteiger partial charge in [0.25, 0.3) is 0 Å². The molecule has 0 aliphatic heterocycles. The summed E-state index contributed by atoms with van der Waals surface area (Å²) >= 11 is 6.13. The number of halogens is 2. The molecule has 0 saturated heterocycles. The van der Waals surface area contributed by atoms with Crippen molar-refractivity contribution in [3.63, 3.8) is 0 Å². The topological polar surface area (TPSA) is 99.1 Å². The van der Waals surface area contributed by atoms with Gasteiger partial charge in [-0.2, -0.15) is 0 Å². The molecule has 144 valence electrons. The highest BCUT2D eigenvalue weighted by Crippen LogP contribution is 2.34. The number of nitrogen functional groups attached to an aromatic ring is 1. The van der Waals surface area contributed by atoms with E-state index in [4.69, 9.17) is 23.1 Å². The maximum Gasteiger partial charge on any atom is 0.217 e. The van der Waals surface area contributed by atoms with Crippen LogP contribution in [0.15, 0.2) is 30.5 Å². The predicted octanol–water partition coefficient (Wildman–Crippen LogP) is 4.08. The molecular weight excluding hydrogens is 369 g/mol. The van der Waals surface area contributed by atoms with Crippen molar-refractivity contribution in [2.75, 3.05) is 5.73 Å². The number of anilines is 1. The number of ketones is 1. The number of rotatable bonds is 8. The average molecular weight is 392 g/mol. The van der Waals surface area contributed by atoms with Crippen molar-refractivity contribution < 1.29 is 14.0 Å². The van der Waals surface area contributed by atoms with Gasteiger partial charge in [0.05, 0.1) is 10.6 Å². The van der Waals surface area contributed by atoms with Crippen molar-refractivity contribution in [1.29, 1.82) is 0 Å². The molecule has 4 N–H and O–H groups in total. The summed E-state index contributed by atoms with van der Waals surface area (Å²) in [7, 11) is 0. The van der Waals surface area contributed by atoms with Crippen LogP contribution in [0.4, 0.5) is 10.2 Å². The van der Waals surface area contributed by atoms with Gasteiger partial charge in [-0.25, -0.2) is 9.37 Å². The predicted molar refractivity (Wildman–Crippen MR) is 104 cm³/mol. The molecule has 1 aromatic heterocycles. The highest BCUT2D eigenvalue weighted by molar-refractivity contribution is 6.35. The number of nitrogens with two attached hydrogens (primary N) is 2. The molecule has 0 aliphatic carbocycles. The van der Waals surface area contributed by atoms with Crippen LogP contribution in [0.1, 0.15) is 60.5 Å². The van der Waals surface area contributed by atoms with E-state index in [2.05, 4.69) is 4.98 Å². The molecule has 2 aromatic rings. The van der Waals surface area contributed by atoms with E-state index in [0.29, 0.717) is 18.4 Å². The maximum atomic E-state index is 15.3. The summed E-state index contributed by atoms with van der Waals surface area (Å²) in [5.41, 5.74) is 11.2. The first-order chi connectivity index (χ1) is 12.7. The lowest BCUT2D eigenvalue weighted by atomic mass is 9.84. The van der Waals surface area contributed by atoms with Crippen LogP contribution in [0.3, 0.4) is 0 Å². The number of amides is 1. The van der Waals surface area contributed by atoms with E-state index in [9.17, 15) is 9.59 Å². The Bertz CT molecular complexity index is 840. The zero-order valence-corrected chi connectivity index (χ0v) is 16.1. The first-order valence-electron chi connectivity index (χ1n) is 8.77. The van der Waals surface area contributed by atoms with Crippen LogP contribution in [0.25, 0.3) is 0 Å². The van der Waals surface area contributed by atoms with Crippen LogP contribution < -0.4 is 11.5 Å². The van der Waals surface area contributed by atoms with Gasteiger partial charge in [-0.15, -0.1) is 0 Å². The van der Waals surface area contributed by atoms with Crippen LogP contribution >= 0.6 is 11.6 Å².